The van der Waals surface area contributed by atoms with E-state index in [1.807, 2.05) is 22.6 Å². The van der Waals surface area contributed by atoms with Gasteiger partial charge in [0.1, 0.15) is 0 Å². The Labute approximate surface area is 206 Å². The SMILES string of the molecule is CC(C)C(C)C1CCC2C3CC=C4CC(SSC/C=C/NCN)CCC4(C)C3CCC12C. The Kier molecular flexibility index (Phi) is 8.05. The summed E-state index contributed by atoms with van der Waals surface area (Å²) >= 11 is 0. The minimum atomic E-state index is 0.485. The molecule has 8 atom stereocenters. The molecule has 3 saturated carbocycles. The summed E-state index contributed by atoms with van der Waals surface area (Å²) in [5.41, 5.74) is 8.38. The smallest absolute Gasteiger partial charge is 0.0622 e. The number of nitrogens with one attached hydrogen (secondary N) is 1. The van der Waals surface area contributed by atoms with Gasteiger partial charge >= 0.3 is 0 Å². The van der Waals surface area contributed by atoms with Gasteiger partial charge in [-0.2, -0.15) is 0 Å². The predicted octanol–water partition coefficient (Wildman–Crippen LogP) is 7.63. The lowest BCUT2D eigenvalue weighted by Gasteiger charge is -2.58. The first-order valence-corrected chi connectivity index (χ1v) is 15.8. The van der Waals surface area contributed by atoms with E-state index in [9.17, 15) is 0 Å². The van der Waals surface area contributed by atoms with Gasteiger partial charge in [-0.3, -0.25) is 0 Å². The summed E-state index contributed by atoms with van der Waals surface area (Å²) in [5.74, 6) is 6.57. The summed E-state index contributed by atoms with van der Waals surface area (Å²) in [6.45, 7) is 13.3. The zero-order chi connectivity index (χ0) is 22.9. The highest BCUT2D eigenvalue weighted by atomic mass is 33.1. The molecule has 0 spiro atoms. The van der Waals surface area contributed by atoms with Crippen LogP contribution < -0.4 is 11.1 Å². The van der Waals surface area contributed by atoms with Gasteiger partial charge in [-0.15, -0.1) is 0 Å². The normalized spacial score (nSPS) is 42.3. The van der Waals surface area contributed by atoms with E-state index in [-0.39, 0.29) is 0 Å². The van der Waals surface area contributed by atoms with Crippen molar-refractivity contribution in [3.8, 4) is 0 Å². The summed E-state index contributed by atoms with van der Waals surface area (Å²) in [5, 5.41) is 3.85. The molecule has 0 aromatic rings. The molecular weight excluding hydrogens is 428 g/mol. The Hall–Kier alpha value is -0.0600. The van der Waals surface area contributed by atoms with Crippen LogP contribution >= 0.6 is 21.6 Å². The molecule has 4 rings (SSSR count). The van der Waals surface area contributed by atoms with Gasteiger partial charge in [0.2, 0.25) is 0 Å². The van der Waals surface area contributed by atoms with E-state index in [2.05, 4.69) is 62.9 Å². The molecule has 4 aliphatic carbocycles. The van der Waals surface area contributed by atoms with Gasteiger partial charge in [0, 0.05) is 11.0 Å². The van der Waals surface area contributed by atoms with E-state index < -0.39 is 0 Å². The molecule has 3 N–H and O–H groups in total. The average molecular weight is 477 g/mol. The molecule has 0 bridgehead atoms. The summed E-state index contributed by atoms with van der Waals surface area (Å²) in [7, 11) is 4.14. The van der Waals surface area contributed by atoms with Crippen LogP contribution in [0.15, 0.2) is 23.9 Å². The van der Waals surface area contributed by atoms with Gasteiger partial charge in [-0.05, 0) is 104 Å². The van der Waals surface area contributed by atoms with Crippen molar-refractivity contribution in [2.45, 2.75) is 91.2 Å². The molecule has 0 heterocycles. The fraction of sp³-hybridized carbons (Fsp3) is 0.857. The van der Waals surface area contributed by atoms with E-state index >= 15 is 0 Å². The summed E-state index contributed by atoms with van der Waals surface area (Å²) in [6.07, 6.45) is 18.4. The average Bonchev–Trinajstić information content (AvgIpc) is 3.12. The number of allylic oxidation sites excluding steroid dienone is 2. The second-order valence-corrected chi connectivity index (χ2v) is 14.9. The van der Waals surface area contributed by atoms with Gasteiger partial charge in [0.25, 0.3) is 0 Å². The molecule has 0 aliphatic heterocycles. The zero-order valence-electron chi connectivity index (χ0n) is 21.2. The van der Waals surface area contributed by atoms with Crippen molar-refractivity contribution in [3.63, 3.8) is 0 Å². The van der Waals surface area contributed by atoms with Crippen LogP contribution in [0.25, 0.3) is 0 Å². The molecule has 2 nitrogen and oxygen atoms in total. The Balaban J connectivity index is 1.40. The van der Waals surface area contributed by atoms with Crippen molar-refractivity contribution < 1.29 is 0 Å². The van der Waals surface area contributed by atoms with E-state index in [0.717, 1.165) is 46.5 Å². The van der Waals surface area contributed by atoms with Crippen LogP contribution in [0.4, 0.5) is 0 Å². The Morgan fingerprint density at radius 1 is 1.12 bits per heavy atom. The van der Waals surface area contributed by atoms with E-state index in [1.165, 1.54) is 51.4 Å². The van der Waals surface area contributed by atoms with E-state index in [1.54, 1.807) is 0 Å². The quantitative estimate of drug-likeness (QED) is 0.163. The third-order valence-corrected chi connectivity index (χ3v) is 13.3. The third-order valence-electron chi connectivity index (χ3n) is 10.5. The van der Waals surface area contributed by atoms with Gasteiger partial charge in [-0.25, -0.2) is 0 Å². The summed E-state index contributed by atoms with van der Waals surface area (Å²) in [4.78, 5) is 0. The van der Waals surface area contributed by atoms with Crippen LogP contribution in [0.3, 0.4) is 0 Å². The summed E-state index contributed by atoms with van der Waals surface area (Å²) < 4.78 is 0. The van der Waals surface area contributed by atoms with Gasteiger partial charge in [-0.1, -0.05) is 73.9 Å². The van der Waals surface area contributed by atoms with Crippen LogP contribution in [-0.2, 0) is 0 Å². The molecule has 4 heteroatoms. The number of fused-ring (bicyclic) bond motifs is 5. The maximum absolute atomic E-state index is 5.47. The van der Waals surface area contributed by atoms with Gasteiger partial charge in [0.15, 0.2) is 0 Å². The lowest BCUT2D eigenvalue weighted by Crippen LogP contribution is -2.50. The topological polar surface area (TPSA) is 38.0 Å². The van der Waals surface area contributed by atoms with Crippen LogP contribution in [0.1, 0.15) is 86.0 Å². The first-order valence-electron chi connectivity index (χ1n) is 13.4. The van der Waals surface area contributed by atoms with Crippen LogP contribution in [0, 0.1) is 46.3 Å². The van der Waals surface area contributed by atoms with Crippen molar-refractivity contribution in [1.29, 1.82) is 0 Å². The monoisotopic (exact) mass is 476 g/mol. The first-order chi connectivity index (χ1) is 15.3. The molecule has 32 heavy (non-hydrogen) atoms. The fourth-order valence-corrected chi connectivity index (χ4v) is 10.9. The molecule has 8 unspecified atom stereocenters. The van der Waals surface area contributed by atoms with Crippen LogP contribution in [0.2, 0.25) is 0 Å². The molecule has 182 valence electrons. The Morgan fingerprint density at radius 3 is 2.69 bits per heavy atom. The Bertz CT molecular complexity index is 704. The minimum Gasteiger partial charge on any atom is -0.379 e. The summed E-state index contributed by atoms with van der Waals surface area (Å²) in [6, 6.07) is 0. The minimum absolute atomic E-state index is 0.485. The molecule has 0 radical (unpaired) electrons. The van der Waals surface area contributed by atoms with Gasteiger partial charge < -0.3 is 11.1 Å². The number of hydrogen-bond donors (Lipinski definition) is 2. The third kappa shape index (κ3) is 4.59. The molecule has 0 amide bonds. The number of rotatable bonds is 8. The highest BCUT2D eigenvalue weighted by Gasteiger charge is 2.59. The molecule has 0 saturated heterocycles. The van der Waals surface area contributed by atoms with Crippen molar-refractivity contribution in [1.82, 2.24) is 5.32 Å². The second kappa shape index (κ2) is 10.3. The molecule has 3 fully saturated rings. The van der Waals surface area contributed by atoms with Crippen molar-refractivity contribution >= 4 is 21.6 Å². The lowest BCUT2D eigenvalue weighted by molar-refractivity contribution is -0.0524. The molecule has 0 aromatic heterocycles. The van der Waals surface area contributed by atoms with Crippen molar-refractivity contribution in [2.24, 2.45) is 52.1 Å². The molecular formula is C28H48N2S2. The van der Waals surface area contributed by atoms with E-state index in [4.69, 9.17) is 5.73 Å². The molecule has 4 aliphatic rings. The first kappa shape index (κ1) is 25.0. The number of hydrogen-bond acceptors (Lipinski definition) is 4. The number of nitrogens with two attached hydrogens (primary N) is 1. The van der Waals surface area contributed by atoms with Crippen LogP contribution in [0.5, 0.6) is 0 Å². The maximum atomic E-state index is 5.47. The van der Waals surface area contributed by atoms with Crippen molar-refractivity contribution in [2.75, 3.05) is 12.4 Å². The molecule has 0 aromatic carbocycles. The van der Waals surface area contributed by atoms with Gasteiger partial charge in [0.05, 0.1) is 6.67 Å². The standard InChI is InChI=1S/C28H48N2S2/c1-19(2)20(3)24-9-10-25-23-8-7-21-17-22(32-31-16-6-15-30-18-29)11-13-27(21,4)26(23)12-14-28(24,25)5/h6-7,15,19-20,22-26,30H,8-14,16-18,29H2,1-5H3/b15-6+. The largest absolute Gasteiger partial charge is 0.379 e. The maximum Gasteiger partial charge on any atom is 0.0622 e. The second-order valence-electron chi connectivity index (χ2n) is 12.1. The highest BCUT2D eigenvalue weighted by molar-refractivity contribution is 8.77. The Morgan fingerprint density at radius 2 is 1.94 bits per heavy atom. The fourth-order valence-electron chi connectivity index (χ4n) is 8.45. The van der Waals surface area contributed by atoms with Crippen LogP contribution in [-0.4, -0.2) is 17.7 Å². The van der Waals surface area contributed by atoms with E-state index in [0.29, 0.717) is 17.5 Å². The zero-order valence-corrected chi connectivity index (χ0v) is 22.9. The highest BCUT2D eigenvalue weighted by Crippen LogP contribution is 2.67. The predicted molar refractivity (Wildman–Crippen MR) is 144 cm³/mol. The van der Waals surface area contributed by atoms with Crippen molar-refractivity contribution in [3.05, 3.63) is 23.9 Å². The lowest BCUT2D eigenvalue weighted by atomic mass is 9.47.